The third-order valence-corrected chi connectivity index (χ3v) is 5.96. The van der Waals surface area contributed by atoms with E-state index in [4.69, 9.17) is 0 Å². The van der Waals surface area contributed by atoms with Crippen LogP contribution in [0.2, 0.25) is 0 Å². The van der Waals surface area contributed by atoms with Crippen molar-refractivity contribution in [1.29, 1.82) is 0 Å². The van der Waals surface area contributed by atoms with Crippen molar-refractivity contribution < 1.29 is 9.59 Å². The number of hydrogen-bond donors (Lipinski definition) is 2. The Kier molecular flexibility index (Phi) is 4.64. The van der Waals surface area contributed by atoms with Crippen LogP contribution in [0.1, 0.15) is 26.5 Å². The first kappa shape index (κ1) is 18.6. The van der Waals surface area contributed by atoms with Gasteiger partial charge in [0, 0.05) is 59.2 Å². The van der Waals surface area contributed by atoms with Gasteiger partial charge in [-0.1, -0.05) is 36.4 Å². The molecule has 6 heteroatoms. The number of H-pyrrole nitrogens is 2. The van der Waals surface area contributed by atoms with Crippen molar-refractivity contribution >= 4 is 33.5 Å². The van der Waals surface area contributed by atoms with Gasteiger partial charge in [0.1, 0.15) is 5.69 Å². The topological polar surface area (TPSA) is 72.2 Å². The number of carbonyl (C=O) groups is 2. The van der Waals surface area contributed by atoms with Gasteiger partial charge in [0.05, 0.1) is 6.54 Å². The number of nitrogens with one attached hydrogen (secondary N) is 2. The molecule has 4 aromatic rings. The van der Waals surface area contributed by atoms with Crippen LogP contribution in [0.3, 0.4) is 0 Å². The van der Waals surface area contributed by atoms with Crippen molar-refractivity contribution in [2.45, 2.75) is 6.92 Å². The number of ketones is 1. The number of fused-ring (bicyclic) bond motifs is 2. The normalized spacial score (nSPS) is 15.2. The van der Waals surface area contributed by atoms with E-state index in [0.717, 1.165) is 33.1 Å². The Labute approximate surface area is 174 Å². The summed E-state index contributed by atoms with van der Waals surface area (Å²) in [5, 5.41) is 2.02. The van der Waals surface area contributed by atoms with Gasteiger partial charge in [-0.15, -0.1) is 0 Å². The summed E-state index contributed by atoms with van der Waals surface area (Å²) < 4.78 is 0. The lowest BCUT2D eigenvalue weighted by Gasteiger charge is -2.34. The van der Waals surface area contributed by atoms with Crippen LogP contribution in [-0.2, 0) is 0 Å². The fourth-order valence-electron chi connectivity index (χ4n) is 4.39. The van der Waals surface area contributed by atoms with E-state index in [2.05, 4.69) is 14.9 Å². The zero-order chi connectivity index (χ0) is 20.7. The summed E-state index contributed by atoms with van der Waals surface area (Å²) in [5.74, 6) is 0.144. The summed E-state index contributed by atoms with van der Waals surface area (Å²) in [4.78, 5) is 36.4. The summed E-state index contributed by atoms with van der Waals surface area (Å²) >= 11 is 0. The first-order chi connectivity index (χ1) is 14.6. The number of benzene rings is 2. The van der Waals surface area contributed by atoms with Gasteiger partial charge in [0.25, 0.3) is 5.91 Å². The number of Topliss-reactive ketones (excluding diaryl/α,β-unsaturated/α-hetero) is 1. The van der Waals surface area contributed by atoms with Crippen LogP contribution >= 0.6 is 0 Å². The number of aryl methyl sites for hydroxylation is 1. The summed E-state index contributed by atoms with van der Waals surface area (Å²) in [7, 11) is 0. The van der Waals surface area contributed by atoms with E-state index in [-0.39, 0.29) is 11.7 Å². The molecule has 30 heavy (non-hydrogen) atoms. The number of piperazine rings is 1. The van der Waals surface area contributed by atoms with Crippen LogP contribution in [0.25, 0.3) is 21.8 Å². The Hall–Kier alpha value is -3.38. The molecule has 0 aliphatic carbocycles. The highest BCUT2D eigenvalue weighted by Crippen LogP contribution is 2.23. The molecule has 3 heterocycles. The number of rotatable bonds is 4. The first-order valence-corrected chi connectivity index (χ1v) is 10.3. The van der Waals surface area contributed by atoms with E-state index >= 15 is 0 Å². The van der Waals surface area contributed by atoms with E-state index in [9.17, 15) is 9.59 Å². The molecule has 0 bridgehead atoms. The molecule has 0 spiro atoms. The molecule has 2 aromatic heterocycles. The van der Waals surface area contributed by atoms with Gasteiger partial charge in [0.15, 0.2) is 5.78 Å². The lowest BCUT2D eigenvalue weighted by Crippen LogP contribution is -2.50. The molecule has 0 radical (unpaired) electrons. The molecule has 1 saturated heterocycles. The van der Waals surface area contributed by atoms with Crippen molar-refractivity contribution in [3.05, 3.63) is 71.5 Å². The Balaban J connectivity index is 1.24. The smallest absolute Gasteiger partial charge is 0.270 e. The molecule has 1 aliphatic heterocycles. The molecular weight excluding hydrogens is 376 g/mol. The van der Waals surface area contributed by atoms with Gasteiger partial charge >= 0.3 is 0 Å². The van der Waals surface area contributed by atoms with Crippen molar-refractivity contribution in [1.82, 2.24) is 19.8 Å². The number of aromatic amines is 2. The largest absolute Gasteiger partial charge is 0.358 e. The number of carbonyl (C=O) groups excluding carboxylic acids is 2. The third-order valence-electron chi connectivity index (χ3n) is 5.96. The van der Waals surface area contributed by atoms with Crippen molar-refractivity contribution in [2.24, 2.45) is 0 Å². The molecule has 6 nitrogen and oxygen atoms in total. The Morgan fingerprint density at radius 1 is 0.900 bits per heavy atom. The predicted octanol–water partition coefficient (Wildman–Crippen LogP) is 3.60. The van der Waals surface area contributed by atoms with Crippen LogP contribution < -0.4 is 0 Å². The number of aromatic nitrogens is 2. The van der Waals surface area contributed by atoms with Gasteiger partial charge in [-0.05, 0) is 25.1 Å². The Morgan fingerprint density at radius 2 is 1.60 bits per heavy atom. The van der Waals surface area contributed by atoms with Crippen molar-refractivity contribution in [3.63, 3.8) is 0 Å². The maximum absolute atomic E-state index is 13.0. The van der Waals surface area contributed by atoms with Crippen molar-refractivity contribution in [2.75, 3.05) is 32.7 Å². The zero-order valence-electron chi connectivity index (χ0n) is 16.9. The average molecular weight is 400 g/mol. The molecular formula is C24H24N4O2. The number of nitrogens with zero attached hydrogens (tertiary/aromatic N) is 2. The van der Waals surface area contributed by atoms with E-state index in [0.29, 0.717) is 38.4 Å². The van der Waals surface area contributed by atoms with Crippen LogP contribution in [0, 0.1) is 6.92 Å². The van der Waals surface area contributed by atoms with Gasteiger partial charge in [-0.3, -0.25) is 14.5 Å². The van der Waals surface area contributed by atoms with Gasteiger partial charge < -0.3 is 14.9 Å². The summed E-state index contributed by atoms with van der Waals surface area (Å²) in [6.45, 7) is 4.95. The summed E-state index contributed by atoms with van der Waals surface area (Å²) in [6, 6.07) is 17.7. The van der Waals surface area contributed by atoms with E-state index in [1.165, 1.54) is 0 Å². The van der Waals surface area contributed by atoms with Gasteiger partial charge in [-0.25, -0.2) is 0 Å². The molecule has 0 saturated carbocycles. The minimum Gasteiger partial charge on any atom is -0.358 e. The highest BCUT2D eigenvalue weighted by atomic mass is 16.2. The standard InChI is InChI=1S/C24H24N4O2/c1-16-23(18-7-3-5-9-20(18)25-16)22(29)15-27-10-12-28(13-11-27)24(30)21-14-17-6-2-4-8-19(17)26-21/h2-9,14,25-26H,10-13,15H2,1H3. The average Bonchev–Trinajstić information content (AvgIpc) is 3.34. The van der Waals surface area contributed by atoms with Gasteiger partial charge in [-0.2, -0.15) is 0 Å². The van der Waals surface area contributed by atoms with E-state index < -0.39 is 0 Å². The molecule has 5 rings (SSSR count). The number of hydrogen-bond acceptors (Lipinski definition) is 3. The minimum atomic E-state index is 0.0182. The first-order valence-electron chi connectivity index (χ1n) is 10.3. The zero-order valence-corrected chi connectivity index (χ0v) is 16.9. The lowest BCUT2D eigenvalue weighted by atomic mass is 10.1. The molecule has 1 aliphatic rings. The molecule has 152 valence electrons. The minimum absolute atomic E-state index is 0.0182. The van der Waals surface area contributed by atoms with E-state index in [1.807, 2.05) is 66.4 Å². The number of para-hydroxylation sites is 2. The summed E-state index contributed by atoms with van der Waals surface area (Å²) in [6.07, 6.45) is 0. The van der Waals surface area contributed by atoms with Crippen molar-refractivity contribution in [3.8, 4) is 0 Å². The van der Waals surface area contributed by atoms with Crippen LogP contribution in [0.15, 0.2) is 54.6 Å². The molecule has 1 amide bonds. The van der Waals surface area contributed by atoms with Gasteiger partial charge in [0.2, 0.25) is 0 Å². The van der Waals surface area contributed by atoms with Crippen LogP contribution in [0.4, 0.5) is 0 Å². The summed E-state index contributed by atoms with van der Waals surface area (Å²) in [5.41, 5.74) is 4.28. The second-order valence-electron chi connectivity index (χ2n) is 7.93. The number of amides is 1. The fraction of sp³-hybridized carbons (Fsp3) is 0.250. The third kappa shape index (κ3) is 3.29. The van der Waals surface area contributed by atoms with Crippen LogP contribution in [0.5, 0.6) is 0 Å². The lowest BCUT2D eigenvalue weighted by molar-refractivity contribution is 0.0620. The second-order valence-corrected chi connectivity index (χ2v) is 7.93. The fourth-order valence-corrected chi connectivity index (χ4v) is 4.39. The second kappa shape index (κ2) is 7.46. The maximum atomic E-state index is 13.0. The quantitative estimate of drug-likeness (QED) is 0.514. The highest BCUT2D eigenvalue weighted by molar-refractivity contribution is 6.10. The highest BCUT2D eigenvalue weighted by Gasteiger charge is 2.25. The SMILES string of the molecule is Cc1[nH]c2ccccc2c1C(=O)CN1CCN(C(=O)c2cc3ccccc3[nH]2)CC1. The monoisotopic (exact) mass is 400 g/mol. The molecule has 2 N–H and O–H groups in total. The Morgan fingerprint density at radius 3 is 2.37 bits per heavy atom. The van der Waals surface area contributed by atoms with E-state index in [1.54, 1.807) is 0 Å². The molecule has 0 atom stereocenters. The predicted molar refractivity (Wildman–Crippen MR) is 118 cm³/mol. The molecule has 2 aromatic carbocycles. The van der Waals surface area contributed by atoms with Crippen LogP contribution in [-0.4, -0.2) is 64.2 Å². The Bertz CT molecular complexity index is 1210. The molecule has 0 unspecified atom stereocenters. The maximum Gasteiger partial charge on any atom is 0.270 e. The molecule has 1 fully saturated rings.